The first-order valence-electron chi connectivity index (χ1n) is 5.52. The molecular weight excluding hydrogens is 196 g/mol. The molecule has 0 saturated heterocycles. The van der Waals surface area contributed by atoms with E-state index in [0.29, 0.717) is 6.42 Å². The van der Waals surface area contributed by atoms with Gasteiger partial charge in [0.1, 0.15) is 0 Å². The van der Waals surface area contributed by atoms with Gasteiger partial charge in [0.05, 0.1) is 12.3 Å². The fourth-order valence-corrected chi connectivity index (χ4v) is 1.52. The molecule has 0 fully saturated rings. The van der Waals surface area contributed by atoms with Gasteiger partial charge in [-0.25, -0.2) is 0 Å². The van der Waals surface area contributed by atoms with Gasteiger partial charge in [-0.15, -0.1) is 0 Å². The van der Waals surface area contributed by atoms with Crippen LogP contribution in [0, 0.1) is 5.92 Å². The SMILES string of the molecule is CCCCCCCC(CC(=O)O)C(=O)O. The highest BCUT2D eigenvalue weighted by Crippen LogP contribution is 2.15. The van der Waals surface area contributed by atoms with E-state index in [9.17, 15) is 9.59 Å². The second kappa shape index (κ2) is 8.26. The quantitative estimate of drug-likeness (QED) is 0.581. The summed E-state index contributed by atoms with van der Waals surface area (Å²) < 4.78 is 0. The van der Waals surface area contributed by atoms with Crippen LogP contribution in [-0.4, -0.2) is 22.2 Å². The van der Waals surface area contributed by atoms with Crippen molar-refractivity contribution in [3.8, 4) is 0 Å². The van der Waals surface area contributed by atoms with Gasteiger partial charge in [0, 0.05) is 0 Å². The first-order chi connectivity index (χ1) is 7.07. The molecular formula is C11H20O4. The maximum Gasteiger partial charge on any atom is 0.307 e. The van der Waals surface area contributed by atoms with Gasteiger partial charge in [-0.2, -0.15) is 0 Å². The predicted octanol–water partition coefficient (Wildman–Crippen LogP) is 2.52. The number of unbranched alkanes of at least 4 members (excludes halogenated alkanes) is 4. The molecule has 1 unspecified atom stereocenters. The Labute approximate surface area is 90.3 Å². The molecule has 0 radical (unpaired) electrons. The summed E-state index contributed by atoms with van der Waals surface area (Å²) in [5.41, 5.74) is 0. The van der Waals surface area contributed by atoms with Gasteiger partial charge >= 0.3 is 11.9 Å². The summed E-state index contributed by atoms with van der Waals surface area (Å²) in [6, 6.07) is 0. The van der Waals surface area contributed by atoms with Crippen LogP contribution >= 0.6 is 0 Å². The summed E-state index contributed by atoms with van der Waals surface area (Å²) in [6.07, 6.45) is 5.44. The monoisotopic (exact) mass is 216 g/mol. The van der Waals surface area contributed by atoms with E-state index >= 15 is 0 Å². The van der Waals surface area contributed by atoms with E-state index in [4.69, 9.17) is 10.2 Å². The average molecular weight is 216 g/mol. The Hall–Kier alpha value is -1.06. The lowest BCUT2D eigenvalue weighted by Gasteiger charge is -2.08. The van der Waals surface area contributed by atoms with Crippen LogP contribution in [-0.2, 0) is 9.59 Å². The molecule has 88 valence electrons. The van der Waals surface area contributed by atoms with E-state index in [-0.39, 0.29) is 6.42 Å². The highest BCUT2D eigenvalue weighted by atomic mass is 16.4. The largest absolute Gasteiger partial charge is 0.481 e. The van der Waals surface area contributed by atoms with Crippen molar-refractivity contribution in [1.82, 2.24) is 0 Å². The van der Waals surface area contributed by atoms with E-state index in [1.807, 2.05) is 0 Å². The summed E-state index contributed by atoms with van der Waals surface area (Å²) in [4.78, 5) is 21.1. The van der Waals surface area contributed by atoms with Crippen LogP contribution in [0.3, 0.4) is 0 Å². The van der Waals surface area contributed by atoms with E-state index in [2.05, 4.69) is 6.92 Å². The molecule has 0 heterocycles. The summed E-state index contributed by atoms with van der Waals surface area (Å²) in [6.45, 7) is 2.12. The van der Waals surface area contributed by atoms with Crippen molar-refractivity contribution in [2.24, 2.45) is 5.92 Å². The zero-order valence-corrected chi connectivity index (χ0v) is 9.24. The first-order valence-corrected chi connectivity index (χ1v) is 5.52. The molecule has 0 saturated carbocycles. The molecule has 0 aliphatic carbocycles. The molecule has 0 aromatic rings. The maximum absolute atomic E-state index is 10.7. The minimum Gasteiger partial charge on any atom is -0.481 e. The smallest absolute Gasteiger partial charge is 0.307 e. The van der Waals surface area contributed by atoms with E-state index in [1.54, 1.807) is 0 Å². The van der Waals surface area contributed by atoms with Gasteiger partial charge in [0.2, 0.25) is 0 Å². The Kier molecular flexibility index (Phi) is 7.68. The minimum atomic E-state index is -1.03. The molecule has 0 amide bonds. The van der Waals surface area contributed by atoms with Crippen LogP contribution in [0.4, 0.5) is 0 Å². The predicted molar refractivity (Wildman–Crippen MR) is 56.8 cm³/mol. The lowest BCUT2D eigenvalue weighted by Crippen LogP contribution is -2.17. The van der Waals surface area contributed by atoms with Gasteiger partial charge in [-0.1, -0.05) is 39.0 Å². The van der Waals surface area contributed by atoms with Crippen molar-refractivity contribution < 1.29 is 19.8 Å². The summed E-state index contributed by atoms with van der Waals surface area (Å²) in [5.74, 6) is -2.74. The third-order valence-corrected chi connectivity index (χ3v) is 2.43. The highest BCUT2D eigenvalue weighted by molar-refractivity contribution is 5.77. The zero-order chi connectivity index (χ0) is 11.7. The number of carboxylic acids is 2. The first kappa shape index (κ1) is 13.9. The lowest BCUT2D eigenvalue weighted by molar-refractivity contribution is -0.148. The molecule has 1 atom stereocenters. The summed E-state index contributed by atoms with van der Waals surface area (Å²) in [5, 5.41) is 17.3. The van der Waals surface area contributed by atoms with E-state index in [0.717, 1.165) is 32.1 Å². The molecule has 2 N–H and O–H groups in total. The van der Waals surface area contributed by atoms with Gasteiger partial charge in [-0.3, -0.25) is 9.59 Å². The minimum absolute atomic E-state index is 0.261. The summed E-state index contributed by atoms with van der Waals surface area (Å²) in [7, 11) is 0. The lowest BCUT2D eigenvalue weighted by atomic mass is 9.97. The maximum atomic E-state index is 10.7. The number of carboxylic acid groups (broad SMARTS) is 2. The van der Waals surface area contributed by atoms with Gasteiger partial charge < -0.3 is 10.2 Å². The Balaban J connectivity index is 3.67. The van der Waals surface area contributed by atoms with Crippen LogP contribution in [0.25, 0.3) is 0 Å². The standard InChI is InChI=1S/C11H20O4/c1-2-3-4-5-6-7-9(11(14)15)8-10(12)13/h9H,2-8H2,1H3,(H,12,13)(H,14,15). The zero-order valence-electron chi connectivity index (χ0n) is 9.24. The Morgan fingerprint density at radius 3 is 2.13 bits per heavy atom. The number of hydrogen-bond donors (Lipinski definition) is 2. The molecule has 0 aromatic carbocycles. The molecule has 0 spiro atoms. The third-order valence-electron chi connectivity index (χ3n) is 2.43. The number of rotatable bonds is 9. The van der Waals surface area contributed by atoms with Crippen molar-refractivity contribution in [1.29, 1.82) is 0 Å². The molecule has 0 rings (SSSR count). The molecule has 4 heteroatoms. The molecule has 0 aromatic heterocycles. The fraction of sp³-hybridized carbons (Fsp3) is 0.818. The number of hydrogen-bond acceptors (Lipinski definition) is 2. The topological polar surface area (TPSA) is 74.6 Å². The normalized spacial score (nSPS) is 12.3. The van der Waals surface area contributed by atoms with Crippen LogP contribution in [0.1, 0.15) is 51.9 Å². The Morgan fingerprint density at radius 2 is 1.67 bits per heavy atom. The van der Waals surface area contributed by atoms with E-state index < -0.39 is 17.9 Å². The second-order valence-electron chi connectivity index (χ2n) is 3.84. The molecule has 4 nitrogen and oxygen atoms in total. The summed E-state index contributed by atoms with van der Waals surface area (Å²) >= 11 is 0. The van der Waals surface area contributed by atoms with Crippen LogP contribution in [0.2, 0.25) is 0 Å². The number of carbonyl (C=O) groups is 2. The van der Waals surface area contributed by atoms with Crippen molar-refractivity contribution in [3.63, 3.8) is 0 Å². The molecule has 0 aliphatic rings. The van der Waals surface area contributed by atoms with Gasteiger partial charge in [0.15, 0.2) is 0 Å². The average Bonchev–Trinajstić information content (AvgIpc) is 2.15. The van der Waals surface area contributed by atoms with Crippen molar-refractivity contribution in [2.45, 2.75) is 51.9 Å². The fourth-order valence-electron chi connectivity index (χ4n) is 1.52. The van der Waals surface area contributed by atoms with Crippen molar-refractivity contribution >= 4 is 11.9 Å². The Morgan fingerprint density at radius 1 is 1.07 bits per heavy atom. The van der Waals surface area contributed by atoms with Gasteiger partial charge in [0.25, 0.3) is 0 Å². The third kappa shape index (κ3) is 7.97. The van der Waals surface area contributed by atoms with Crippen molar-refractivity contribution in [2.75, 3.05) is 0 Å². The molecule has 15 heavy (non-hydrogen) atoms. The van der Waals surface area contributed by atoms with Crippen LogP contribution in [0.5, 0.6) is 0 Å². The van der Waals surface area contributed by atoms with Crippen LogP contribution < -0.4 is 0 Å². The van der Waals surface area contributed by atoms with Crippen LogP contribution in [0.15, 0.2) is 0 Å². The molecule has 0 aliphatic heterocycles. The Bertz CT molecular complexity index is 201. The highest BCUT2D eigenvalue weighted by Gasteiger charge is 2.19. The molecule has 0 bridgehead atoms. The second-order valence-corrected chi connectivity index (χ2v) is 3.84. The van der Waals surface area contributed by atoms with Crippen molar-refractivity contribution in [3.05, 3.63) is 0 Å². The van der Waals surface area contributed by atoms with E-state index in [1.165, 1.54) is 0 Å². The van der Waals surface area contributed by atoms with Gasteiger partial charge in [-0.05, 0) is 6.42 Å². The number of aliphatic carboxylic acids is 2.